The van der Waals surface area contributed by atoms with Gasteiger partial charge in [-0.1, -0.05) is 6.92 Å². The molecule has 4 heteroatoms. The van der Waals surface area contributed by atoms with Gasteiger partial charge in [0.25, 0.3) is 0 Å². The first-order chi connectivity index (χ1) is 7.75. The van der Waals surface area contributed by atoms with Gasteiger partial charge in [-0.05, 0) is 43.1 Å². The molecule has 2 heterocycles. The van der Waals surface area contributed by atoms with E-state index in [1.165, 1.54) is 17.9 Å². The molecule has 90 valence electrons. The number of nitrogens with one attached hydrogen (secondary N) is 1. The maximum Gasteiger partial charge on any atom is 0.244 e. The summed E-state index contributed by atoms with van der Waals surface area (Å²) in [6.07, 6.45) is 4.74. The number of thioether (sulfide) groups is 1. The van der Waals surface area contributed by atoms with Crippen LogP contribution in [0, 0.1) is 5.92 Å². The number of hydrogen-bond acceptors (Lipinski definition) is 3. The second-order valence-electron chi connectivity index (χ2n) is 5.34. The molecule has 2 saturated heterocycles. The van der Waals surface area contributed by atoms with E-state index in [0.29, 0.717) is 12.1 Å². The summed E-state index contributed by atoms with van der Waals surface area (Å²) in [5.41, 5.74) is -0.119. The molecule has 3 fully saturated rings. The van der Waals surface area contributed by atoms with E-state index in [-0.39, 0.29) is 5.54 Å². The lowest BCUT2D eigenvalue weighted by Crippen LogP contribution is -2.40. The Bertz CT molecular complexity index is 297. The molecule has 1 saturated carbocycles. The Hall–Kier alpha value is -0.220. The molecule has 2 atom stereocenters. The summed E-state index contributed by atoms with van der Waals surface area (Å²) in [5.74, 6) is 3.64. The highest BCUT2D eigenvalue weighted by Crippen LogP contribution is 2.43. The molecule has 0 aromatic carbocycles. The van der Waals surface area contributed by atoms with Gasteiger partial charge in [-0.2, -0.15) is 11.8 Å². The van der Waals surface area contributed by atoms with Gasteiger partial charge in [0.1, 0.15) is 0 Å². The molecular formula is C12H20N2OS. The molecule has 1 amide bonds. The van der Waals surface area contributed by atoms with Gasteiger partial charge in [0.05, 0.1) is 11.7 Å². The molecule has 1 aliphatic carbocycles. The number of amides is 1. The normalized spacial score (nSPS) is 36.3. The zero-order valence-electron chi connectivity index (χ0n) is 9.87. The molecular weight excluding hydrogens is 220 g/mol. The summed E-state index contributed by atoms with van der Waals surface area (Å²) in [6, 6.07) is 0. The molecule has 1 spiro atoms. The molecule has 0 bridgehead atoms. The lowest BCUT2D eigenvalue weighted by atomic mass is 10.1. The smallest absolute Gasteiger partial charge is 0.244 e. The highest BCUT2D eigenvalue weighted by atomic mass is 32.2. The van der Waals surface area contributed by atoms with Gasteiger partial charge < -0.3 is 4.90 Å². The van der Waals surface area contributed by atoms with Gasteiger partial charge in [-0.25, -0.2) is 0 Å². The third-order valence-electron chi connectivity index (χ3n) is 4.10. The van der Waals surface area contributed by atoms with Crippen LogP contribution in [0.15, 0.2) is 0 Å². The fourth-order valence-electron chi connectivity index (χ4n) is 2.90. The van der Waals surface area contributed by atoms with E-state index in [2.05, 4.69) is 17.1 Å². The Labute approximate surface area is 101 Å². The third-order valence-corrected chi connectivity index (χ3v) is 5.34. The lowest BCUT2D eigenvalue weighted by molar-refractivity contribution is -0.131. The predicted octanol–water partition coefficient (Wildman–Crippen LogP) is 1.44. The zero-order chi connectivity index (χ0) is 11.2. The van der Waals surface area contributed by atoms with Gasteiger partial charge in [-0.15, -0.1) is 0 Å². The molecule has 3 rings (SSSR count). The molecule has 2 unspecified atom stereocenters. The van der Waals surface area contributed by atoms with Gasteiger partial charge in [0, 0.05) is 6.54 Å². The van der Waals surface area contributed by atoms with E-state index in [4.69, 9.17) is 0 Å². The van der Waals surface area contributed by atoms with Crippen LogP contribution in [0.4, 0.5) is 0 Å². The van der Waals surface area contributed by atoms with E-state index in [1.54, 1.807) is 0 Å². The SMILES string of the molecule is CCC1NC2(CC2)C(=O)N1CC1CCSC1. The average molecular weight is 240 g/mol. The molecule has 0 radical (unpaired) electrons. The van der Waals surface area contributed by atoms with E-state index in [9.17, 15) is 4.79 Å². The molecule has 3 aliphatic rings. The summed E-state index contributed by atoms with van der Waals surface area (Å²) < 4.78 is 0. The van der Waals surface area contributed by atoms with Gasteiger partial charge >= 0.3 is 0 Å². The molecule has 0 aromatic rings. The topological polar surface area (TPSA) is 32.3 Å². The van der Waals surface area contributed by atoms with Gasteiger partial charge in [0.15, 0.2) is 0 Å². The standard InChI is InChI=1S/C12H20N2OS/c1-2-10-13-12(4-5-12)11(15)14(10)7-9-3-6-16-8-9/h9-10,13H,2-8H2,1H3. The quantitative estimate of drug-likeness (QED) is 0.810. The average Bonchev–Trinajstić information content (AvgIpc) is 2.79. The van der Waals surface area contributed by atoms with Crippen molar-refractivity contribution < 1.29 is 4.79 Å². The van der Waals surface area contributed by atoms with Crippen LogP contribution in [0.3, 0.4) is 0 Å². The molecule has 1 N–H and O–H groups in total. The van der Waals surface area contributed by atoms with Crippen LogP contribution < -0.4 is 5.32 Å². The van der Waals surface area contributed by atoms with E-state index < -0.39 is 0 Å². The van der Waals surface area contributed by atoms with Crippen LogP contribution in [0.5, 0.6) is 0 Å². The minimum Gasteiger partial charge on any atom is -0.325 e. The fourth-order valence-corrected chi connectivity index (χ4v) is 4.17. The maximum atomic E-state index is 12.3. The highest BCUT2D eigenvalue weighted by Gasteiger charge is 2.58. The number of hydrogen-bond donors (Lipinski definition) is 1. The maximum absolute atomic E-state index is 12.3. The largest absolute Gasteiger partial charge is 0.325 e. The molecule has 16 heavy (non-hydrogen) atoms. The van der Waals surface area contributed by atoms with Gasteiger partial charge in [-0.3, -0.25) is 10.1 Å². The molecule has 3 nitrogen and oxygen atoms in total. The minimum absolute atomic E-state index is 0.119. The van der Waals surface area contributed by atoms with Crippen molar-refractivity contribution in [2.45, 2.75) is 44.3 Å². The fraction of sp³-hybridized carbons (Fsp3) is 0.917. The lowest BCUT2D eigenvalue weighted by Gasteiger charge is -2.25. The number of carbonyl (C=O) groups excluding carboxylic acids is 1. The van der Waals surface area contributed by atoms with Crippen LogP contribution in [-0.4, -0.2) is 40.6 Å². The Balaban J connectivity index is 1.69. The summed E-state index contributed by atoms with van der Waals surface area (Å²) in [7, 11) is 0. The van der Waals surface area contributed by atoms with Crippen molar-refractivity contribution in [3.05, 3.63) is 0 Å². The van der Waals surface area contributed by atoms with Crippen molar-refractivity contribution >= 4 is 17.7 Å². The summed E-state index contributed by atoms with van der Waals surface area (Å²) >= 11 is 2.03. The van der Waals surface area contributed by atoms with E-state index in [1.807, 2.05) is 11.8 Å². The second-order valence-corrected chi connectivity index (χ2v) is 6.49. The Morgan fingerprint density at radius 1 is 1.56 bits per heavy atom. The van der Waals surface area contributed by atoms with Crippen LogP contribution in [0.1, 0.15) is 32.6 Å². The van der Waals surface area contributed by atoms with Crippen LogP contribution in [0.2, 0.25) is 0 Å². The molecule has 2 aliphatic heterocycles. The van der Waals surface area contributed by atoms with Crippen molar-refractivity contribution in [1.82, 2.24) is 10.2 Å². The Kier molecular flexibility index (Phi) is 2.67. The van der Waals surface area contributed by atoms with Crippen molar-refractivity contribution in [3.63, 3.8) is 0 Å². The summed E-state index contributed by atoms with van der Waals surface area (Å²) in [5, 5.41) is 3.53. The van der Waals surface area contributed by atoms with Crippen molar-refractivity contribution in [2.24, 2.45) is 5.92 Å². The minimum atomic E-state index is -0.119. The summed E-state index contributed by atoms with van der Waals surface area (Å²) in [6.45, 7) is 3.15. The van der Waals surface area contributed by atoms with Gasteiger partial charge in [0.2, 0.25) is 5.91 Å². The van der Waals surface area contributed by atoms with Crippen LogP contribution in [0.25, 0.3) is 0 Å². The van der Waals surface area contributed by atoms with E-state index >= 15 is 0 Å². The van der Waals surface area contributed by atoms with E-state index in [0.717, 1.165) is 31.7 Å². The Morgan fingerprint density at radius 2 is 2.38 bits per heavy atom. The summed E-state index contributed by atoms with van der Waals surface area (Å²) in [4.78, 5) is 14.4. The monoisotopic (exact) mass is 240 g/mol. The van der Waals surface area contributed by atoms with Crippen molar-refractivity contribution in [2.75, 3.05) is 18.1 Å². The highest BCUT2D eigenvalue weighted by molar-refractivity contribution is 7.99. The zero-order valence-corrected chi connectivity index (χ0v) is 10.7. The Morgan fingerprint density at radius 3 is 2.94 bits per heavy atom. The first-order valence-corrected chi connectivity index (χ1v) is 7.57. The second kappa shape index (κ2) is 3.91. The number of rotatable bonds is 3. The van der Waals surface area contributed by atoms with Crippen molar-refractivity contribution in [3.8, 4) is 0 Å². The third kappa shape index (κ3) is 1.66. The molecule has 0 aromatic heterocycles. The van der Waals surface area contributed by atoms with Crippen LogP contribution >= 0.6 is 11.8 Å². The first-order valence-electron chi connectivity index (χ1n) is 6.42. The van der Waals surface area contributed by atoms with Crippen molar-refractivity contribution in [1.29, 1.82) is 0 Å². The predicted molar refractivity (Wildman–Crippen MR) is 66.3 cm³/mol. The van der Waals surface area contributed by atoms with Crippen LogP contribution in [-0.2, 0) is 4.79 Å². The number of carbonyl (C=O) groups is 1. The first kappa shape index (κ1) is 10.9. The number of nitrogens with zero attached hydrogens (tertiary/aromatic N) is 1.